The molecule has 0 bridgehead atoms. The summed E-state index contributed by atoms with van der Waals surface area (Å²) in [6, 6.07) is 1.97. The maximum absolute atomic E-state index is 10.9. The van der Waals surface area contributed by atoms with Crippen molar-refractivity contribution in [2.75, 3.05) is 0 Å². The smallest absolute Gasteiger partial charge is 0.309 e. The van der Waals surface area contributed by atoms with Crippen LogP contribution >= 0.6 is 0 Å². The number of carbonyl (C=O) groups is 1. The molecule has 0 unspecified atom stereocenters. The zero-order chi connectivity index (χ0) is 12.2. The minimum absolute atomic E-state index is 0.611. The standard InChI is InChI=1S/C12H20N2O2/c1-10-6-9-14(13-10)8-5-4-7-12(2,3)11(15)16/h6,9H,4-5,7-8H2,1-3H3,(H,15,16). The van der Waals surface area contributed by atoms with Crippen LogP contribution in [0.1, 0.15) is 38.8 Å². The summed E-state index contributed by atoms with van der Waals surface area (Å²) in [5.74, 6) is -0.720. The van der Waals surface area contributed by atoms with Crippen LogP contribution in [0.3, 0.4) is 0 Å². The van der Waals surface area contributed by atoms with E-state index in [1.54, 1.807) is 13.8 Å². The molecule has 1 aromatic heterocycles. The second-order valence-corrected chi connectivity index (χ2v) is 4.87. The van der Waals surface area contributed by atoms with E-state index in [0.29, 0.717) is 6.42 Å². The Morgan fingerprint density at radius 2 is 2.19 bits per heavy atom. The number of hydrogen-bond donors (Lipinski definition) is 1. The second-order valence-electron chi connectivity index (χ2n) is 4.87. The molecule has 0 spiro atoms. The molecular weight excluding hydrogens is 204 g/mol. The molecule has 0 aliphatic heterocycles. The van der Waals surface area contributed by atoms with Crippen molar-refractivity contribution >= 4 is 5.97 Å². The van der Waals surface area contributed by atoms with Crippen LogP contribution in [-0.4, -0.2) is 20.9 Å². The van der Waals surface area contributed by atoms with Crippen LogP contribution in [0.15, 0.2) is 12.3 Å². The van der Waals surface area contributed by atoms with Crippen LogP contribution in [-0.2, 0) is 11.3 Å². The molecule has 0 atom stereocenters. The highest BCUT2D eigenvalue weighted by Gasteiger charge is 2.25. The maximum atomic E-state index is 10.9. The van der Waals surface area contributed by atoms with Gasteiger partial charge in [0.25, 0.3) is 0 Å². The number of unbranched alkanes of at least 4 members (excludes halogenated alkanes) is 1. The first kappa shape index (κ1) is 12.7. The first-order valence-corrected chi connectivity index (χ1v) is 5.65. The third kappa shape index (κ3) is 3.68. The molecule has 4 heteroatoms. The normalized spacial score (nSPS) is 11.7. The van der Waals surface area contributed by atoms with Crippen molar-refractivity contribution in [3.8, 4) is 0 Å². The monoisotopic (exact) mass is 224 g/mol. The average molecular weight is 224 g/mol. The van der Waals surface area contributed by atoms with Gasteiger partial charge in [0.1, 0.15) is 0 Å². The third-order valence-corrected chi connectivity index (χ3v) is 2.79. The Balaban J connectivity index is 2.24. The molecule has 1 N–H and O–H groups in total. The van der Waals surface area contributed by atoms with E-state index in [9.17, 15) is 4.79 Å². The number of nitrogens with zero attached hydrogens (tertiary/aromatic N) is 2. The third-order valence-electron chi connectivity index (χ3n) is 2.79. The number of aliphatic carboxylic acids is 1. The summed E-state index contributed by atoms with van der Waals surface area (Å²) >= 11 is 0. The molecule has 4 nitrogen and oxygen atoms in total. The van der Waals surface area contributed by atoms with E-state index in [0.717, 1.165) is 25.1 Å². The van der Waals surface area contributed by atoms with Gasteiger partial charge in [-0.15, -0.1) is 0 Å². The first-order valence-electron chi connectivity index (χ1n) is 5.65. The predicted octanol–water partition coefficient (Wildman–Crippen LogP) is 2.47. The van der Waals surface area contributed by atoms with Gasteiger partial charge in [-0.05, 0) is 39.7 Å². The van der Waals surface area contributed by atoms with Crippen LogP contribution in [0, 0.1) is 12.3 Å². The van der Waals surface area contributed by atoms with E-state index >= 15 is 0 Å². The topological polar surface area (TPSA) is 55.1 Å². The van der Waals surface area contributed by atoms with Crippen molar-refractivity contribution in [2.45, 2.75) is 46.6 Å². The van der Waals surface area contributed by atoms with E-state index in [4.69, 9.17) is 5.11 Å². The van der Waals surface area contributed by atoms with Gasteiger partial charge in [-0.1, -0.05) is 6.42 Å². The lowest BCUT2D eigenvalue weighted by Gasteiger charge is -2.18. The molecule has 0 saturated heterocycles. The van der Waals surface area contributed by atoms with Crippen molar-refractivity contribution in [1.82, 2.24) is 9.78 Å². The van der Waals surface area contributed by atoms with E-state index < -0.39 is 11.4 Å². The highest BCUT2D eigenvalue weighted by atomic mass is 16.4. The summed E-state index contributed by atoms with van der Waals surface area (Å²) in [5.41, 5.74) is 0.408. The summed E-state index contributed by atoms with van der Waals surface area (Å²) in [6.07, 6.45) is 4.55. The molecule has 0 amide bonds. The van der Waals surface area contributed by atoms with E-state index in [2.05, 4.69) is 5.10 Å². The quantitative estimate of drug-likeness (QED) is 0.755. The van der Waals surface area contributed by atoms with Gasteiger partial charge < -0.3 is 5.11 Å². The molecule has 16 heavy (non-hydrogen) atoms. The van der Waals surface area contributed by atoms with E-state index in [-0.39, 0.29) is 0 Å². The van der Waals surface area contributed by atoms with Crippen molar-refractivity contribution in [2.24, 2.45) is 5.41 Å². The maximum Gasteiger partial charge on any atom is 0.309 e. The fourth-order valence-electron chi connectivity index (χ4n) is 1.54. The number of aromatic nitrogens is 2. The molecule has 0 radical (unpaired) electrons. The first-order chi connectivity index (χ1) is 7.42. The minimum atomic E-state index is -0.720. The second kappa shape index (κ2) is 5.14. The summed E-state index contributed by atoms with van der Waals surface area (Å²) < 4.78 is 1.91. The fourth-order valence-corrected chi connectivity index (χ4v) is 1.54. The van der Waals surface area contributed by atoms with Gasteiger partial charge in [0.2, 0.25) is 0 Å². The number of rotatable bonds is 6. The van der Waals surface area contributed by atoms with E-state index in [1.165, 1.54) is 0 Å². The van der Waals surface area contributed by atoms with Crippen LogP contribution in [0.5, 0.6) is 0 Å². The molecular formula is C12H20N2O2. The van der Waals surface area contributed by atoms with Gasteiger partial charge in [-0.3, -0.25) is 9.48 Å². The lowest BCUT2D eigenvalue weighted by atomic mass is 9.87. The molecule has 1 rings (SSSR count). The van der Waals surface area contributed by atoms with Crippen molar-refractivity contribution < 1.29 is 9.90 Å². The van der Waals surface area contributed by atoms with Gasteiger partial charge in [0.15, 0.2) is 0 Å². The summed E-state index contributed by atoms with van der Waals surface area (Å²) in [5, 5.41) is 13.2. The molecule has 1 heterocycles. The van der Waals surface area contributed by atoms with Crippen LogP contribution in [0.2, 0.25) is 0 Å². The molecule has 1 aromatic rings. The van der Waals surface area contributed by atoms with Gasteiger partial charge in [0, 0.05) is 12.7 Å². The Kier molecular flexibility index (Phi) is 4.10. The Bertz CT molecular complexity index is 356. The van der Waals surface area contributed by atoms with Crippen molar-refractivity contribution in [1.29, 1.82) is 0 Å². The lowest BCUT2D eigenvalue weighted by Crippen LogP contribution is -2.23. The van der Waals surface area contributed by atoms with Gasteiger partial charge in [-0.25, -0.2) is 0 Å². The Morgan fingerprint density at radius 3 is 2.69 bits per heavy atom. The zero-order valence-corrected chi connectivity index (χ0v) is 10.2. The minimum Gasteiger partial charge on any atom is -0.481 e. The lowest BCUT2D eigenvalue weighted by molar-refractivity contribution is -0.147. The summed E-state index contributed by atoms with van der Waals surface area (Å²) in [4.78, 5) is 10.9. The predicted molar refractivity (Wildman–Crippen MR) is 62.2 cm³/mol. The Morgan fingerprint density at radius 1 is 1.50 bits per heavy atom. The summed E-state index contributed by atoms with van der Waals surface area (Å²) in [6.45, 7) is 6.37. The highest BCUT2D eigenvalue weighted by molar-refractivity contribution is 5.73. The van der Waals surface area contributed by atoms with Crippen LogP contribution in [0.25, 0.3) is 0 Å². The molecule has 0 saturated carbocycles. The van der Waals surface area contributed by atoms with Crippen LogP contribution < -0.4 is 0 Å². The Labute approximate surface area is 96.3 Å². The number of hydrogen-bond acceptors (Lipinski definition) is 2. The SMILES string of the molecule is Cc1ccn(CCCCC(C)(C)C(=O)O)n1. The van der Waals surface area contributed by atoms with Gasteiger partial charge in [-0.2, -0.15) is 5.10 Å². The number of carboxylic acids is 1. The van der Waals surface area contributed by atoms with Crippen LogP contribution in [0.4, 0.5) is 0 Å². The average Bonchev–Trinajstić information content (AvgIpc) is 2.59. The molecule has 90 valence electrons. The Hall–Kier alpha value is -1.32. The van der Waals surface area contributed by atoms with E-state index in [1.807, 2.05) is 23.9 Å². The zero-order valence-electron chi connectivity index (χ0n) is 10.2. The highest BCUT2D eigenvalue weighted by Crippen LogP contribution is 2.23. The van der Waals surface area contributed by atoms with Gasteiger partial charge in [0.05, 0.1) is 11.1 Å². The number of aryl methyl sites for hydroxylation is 2. The summed E-state index contributed by atoms with van der Waals surface area (Å²) in [7, 11) is 0. The number of carboxylic acid groups (broad SMARTS) is 1. The molecule has 0 aromatic carbocycles. The van der Waals surface area contributed by atoms with Crippen molar-refractivity contribution in [3.05, 3.63) is 18.0 Å². The van der Waals surface area contributed by atoms with Gasteiger partial charge >= 0.3 is 5.97 Å². The fraction of sp³-hybridized carbons (Fsp3) is 0.667. The largest absolute Gasteiger partial charge is 0.481 e. The molecule has 0 fully saturated rings. The molecule has 0 aliphatic rings. The molecule has 0 aliphatic carbocycles. The van der Waals surface area contributed by atoms with Crippen molar-refractivity contribution in [3.63, 3.8) is 0 Å².